The number of amides is 1. The Morgan fingerprint density at radius 3 is 2.71 bits per heavy atom. The van der Waals surface area contributed by atoms with E-state index in [2.05, 4.69) is 20.3 Å². The highest BCUT2D eigenvalue weighted by Gasteiger charge is 2.32. The molecule has 0 saturated heterocycles. The minimum atomic E-state index is -4.78. The van der Waals surface area contributed by atoms with E-state index in [1.54, 1.807) is 12.1 Å². The molecule has 0 aliphatic carbocycles. The third-order valence-corrected chi connectivity index (χ3v) is 3.13. The van der Waals surface area contributed by atoms with E-state index >= 15 is 0 Å². The molecule has 2 aromatic rings. The van der Waals surface area contributed by atoms with Crippen LogP contribution in [0.2, 0.25) is 0 Å². The van der Waals surface area contributed by atoms with Gasteiger partial charge in [-0.25, -0.2) is 0 Å². The number of carbonyl (C=O) groups is 1. The second kappa shape index (κ2) is 7.37. The number of alkyl halides is 3. The van der Waals surface area contributed by atoms with Crippen molar-refractivity contribution in [3.8, 4) is 5.75 Å². The lowest BCUT2D eigenvalue weighted by Crippen LogP contribution is -2.24. The molecule has 8 heteroatoms. The normalized spacial score (nSPS) is 11.6. The Kier molecular flexibility index (Phi) is 5.48. The fraction of sp³-hybridized carbons (Fsp3) is 0.375. The summed E-state index contributed by atoms with van der Waals surface area (Å²) in [6.45, 7) is 3.98. The molecular weight excluding hydrogens is 323 g/mol. The van der Waals surface area contributed by atoms with Crippen LogP contribution in [0.5, 0.6) is 5.75 Å². The van der Waals surface area contributed by atoms with Gasteiger partial charge in [-0.15, -0.1) is 13.2 Å². The van der Waals surface area contributed by atoms with Crippen LogP contribution in [0.4, 0.5) is 13.2 Å². The maximum atomic E-state index is 12.4. The molecule has 24 heavy (non-hydrogen) atoms. The summed E-state index contributed by atoms with van der Waals surface area (Å²) in [5, 5.41) is 9.23. The number of ether oxygens (including phenoxy) is 1. The van der Waals surface area contributed by atoms with E-state index in [0.29, 0.717) is 5.92 Å². The second-order valence-electron chi connectivity index (χ2n) is 5.71. The zero-order chi connectivity index (χ0) is 17.7. The van der Waals surface area contributed by atoms with Gasteiger partial charge in [-0.3, -0.25) is 9.89 Å². The Morgan fingerprint density at radius 2 is 2.04 bits per heavy atom. The quantitative estimate of drug-likeness (QED) is 0.846. The van der Waals surface area contributed by atoms with E-state index in [-0.39, 0.29) is 23.6 Å². The van der Waals surface area contributed by atoms with Crippen LogP contribution in [0, 0.1) is 5.92 Å². The zero-order valence-electron chi connectivity index (χ0n) is 13.3. The Balaban J connectivity index is 2.00. The summed E-state index contributed by atoms with van der Waals surface area (Å²) in [6, 6.07) is 7.28. The van der Waals surface area contributed by atoms with Crippen LogP contribution in [0.3, 0.4) is 0 Å². The van der Waals surface area contributed by atoms with Crippen molar-refractivity contribution in [2.75, 3.05) is 0 Å². The van der Waals surface area contributed by atoms with Gasteiger partial charge < -0.3 is 10.1 Å². The SMILES string of the molecule is CC(C)Cc1cc(C(=O)NCc2ccccc2OC(F)(F)F)n[nH]1. The largest absolute Gasteiger partial charge is 0.573 e. The number of nitrogens with one attached hydrogen (secondary N) is 2. The van der Waals surface area contributed by atoms with E-state index in [9.17, 15) is 18.0 Å². The summed E-state index contributed by atoms with van der Waals surface area (Å²) in [7, 11) is 0. The average Bonchev–Trinajstić information content (AvgIpc) is 2.92. The number of benzene rings is 1. The molecule has 1 amide bonds. The minimum absolute atomic E-state index is 0.0997. The van der Waals surface area contributed by atoms with Gasteiger partial charge in [0.15, 0.2) is 0 Å². The van der Waals surface area contributed by atoms with Crippen LogP contribution >= 0.6 is 0 Å². The summed E-state index contributed by atoms with van der Waals surface area (Å²) in [5.74, 6) is -0.399. The minimum Gasteiger partial charge on any atom is -0.405 e. The van der Waals surface area contributed by atoms with Crippen LogP contribution in [-0.4, -0.2) is 22.5 Å². The molecule has 0 radical (unpaired) electrons. The molecule has 2 rings (SSSR count). The number of aromatic nitrogens is 2. The molecule has 0 unspecified atom stereocenters. The highest BCUT2D eigenvalue weighted by Crippen LogP contribution is 2.26. The number of aromatic amines is 1. The first-order valence-electron chi connectivity index (χ1n) is 7.40. The molecule has 0 atom stereocenters. The fourth-order valence-electron chi connectivity index (χ4n) is 2.16. The van der Waals surface area contributed by atoms with Crippen molar-refractivity contribution in [3.05, 3.63) is 47.3 Å². The molecule has 2 N–H and O–H groups in total. The summed E-state index contributed by atoms with van der Waals surface area (Å²) < 4.78 is 41.1. The van der Waals surface area contributed by atoms with Crippen LogP contribution in [-0.2, 0) is 13.0 Å². The third kappa shape index (κ3) is 5.29. The predicted molar refractivity (Wildman–Crippen MR) is 81.4 cm³/mol. The Labute approximate surface area is 137 Å². The zero-order valence-corrected chi connectivity index (χ0v) is 13.3. The van der Waals surface area contributed by atoms with E-state index in [1.165, 1.54) is 18.2 Å². The lowest BCUT2D eigenvalue weighted by molar-refractivity contribution is -0.274. The van der Waals surface area contributed by atoms with Gasteiger partial charge in [-0.05, 0) is 24.5 Å². The molecule has 130 valence electrons. The van der Waals surface area contributed by atoms with Gasteiger partial charge in [0, 0.05) is 17.8 Å². The van der Waals surface area contributed by atoms with Crippen molar-refractivity contribution in [1.29, 1.82) is 0 Å². The number of rotatable bonds is 6. The molecule has 0 aliphatic rings. The van der Waals surface area contributed by atoms with Crippen molar-refractivity contribution < 1.29 is 22.7 Å². The molecule has 1 heterocycles. The molecule has 0 spiro atoms. The average molecular weight is 341 g/mol. The summed E-state index contributed by atoms with van der Waals surface area (Å²) >= 11 is 0. The smallest absolute Gasteiger partial charge is 0.405 e. The number of para-hydroxylation sites is 1. The highest BCUT2D eigenvalue weighted by molar-refractivity contribution is 5.92. The molecule has 1 aromatic heterocycles. The van der Waals surface area contributed by atoms with Crippen LogP contribution in [0.25, 0.3) is 0 Å². The monoisotopic (exact) mass is 341 g/mol. The number of hydrogen-bond acceptors (Lipinski definition) is 3. The summed E-state index contributed by atoms with van der Waals surface area (Å²) in [6.07, 6.45) is -4.03. The first-order valence-corrected chi connectivity index (χ1v) is 7.40. The van der Waals surface area contributed by atoms with Gasteiger partial charge in [0.05, 0.1) is 0 Å². The lowest BCUT2D eigenvalue weighted by Gasteiger charge is -2.13. The van der Waals surface area contributed by atoms with Crippen molar-refractivity contribution >= 4 is 5.91 Å². The van der Waals surface area contributed by atoms with Crippen molar-refractivity contribution in [2.45, 2.75) is 33.2 Å². The van der Waals surface area contributed by atoms with Gasteiger partial charge in [0.25, 0.3) is 5.91 Å². The maximum Gasteiger partial charge on any atom is 0.573 e. The first-order chi connectivity index (χ1) is 11.2. The number of halogens is 3. The van der Waals surface area contributed by atoms with Crippen LogP contribution in [0.15, 0.2) is 30.3 Å². The maximum absolute atomic E-state index is 12.4. The van der Waals surface area contributed by atoms with Gasteiger partial charge in [-0.1, -0.05) is 32.0 Å². The Morgan fingerprint density at radius 1 is 1.33 bits per heavy atom. The topological polar surface area (TPSA) is 67.0 Å². The molecular formula is C16H18F3N3O2. The second-order valence-corrected chi connectivity index (χ2v) is 5.71. The van der Waals surface area contributed by atoms with Gasteiger partial charge in [-0.2, -0.15) is 5.10 Å². The van der Waals surface area contributed by atoms with Crippen molar-refractivity contribution in [1.82, 2.24) is 15.5 Å². The molecule has 0 bridgehead atoms. The number of hydrogen-bond donors (Lipinski definition) is 2. The van der Waals surface area contributed by atoms with E-state index in [1.807, 2.05) is 13.8 Å². The molecule has 1 aromatic carbocycles. The number of carbonyl (C=O) groups excluding carboxylic acids is 1. The molecule has 5 nitrogen and oxygen atoms in total. The summed E-state index contributed by atoms with van der Waals surface area (Å²) in [5.41, 5.74) is 1.25. The Hall–Kier alpha value is -2.51. The molecule has 0 aliphatic heterocycles. The first kappa shape index (κ1) is 17.8. The summed E-state index contributed by atoms with van der Waals surface area (Å²) in [4.78, 5) is 12.1. The van der Waals surface area contributed by atoms with Crippen molar-refractivity contribution in [2.24, 2.45) is 5.92 Å². The predicted octanol–water partition coefficient (Wildman–Crippen LogP) is 3.44. The fourth-order valence-corrected chi connectivity index (χ4v) is 2.16. The van der Waals surface area contributed by atoms with E-state index in [4.69, 9.17) is 0 Å². The number of nitrogens with zero attached hydrogens (tertiary/aromatic N) is 1. The van der Waals surface area contributed by atoms with E-state index in [0.717, 1.165) is 12.1 Å². The number of H-pyrrole nitrogens is 1. The van der Waals surface area contributed by atoms with E-state index < -0.39 is 12.3 Å². The third-order valence-electron chi connectivity index (χ3n) is 3.13. The van der Waals surface area contributed by atoms with Crippen molar-refractivity contribution in [3.63, 3.8) is 0 Å². The standard InChI is InChI=1S/C16H18F3N3O2/c1-10(2)7-12-8-13(22-21-12)15(23)20-9-11-5-3-4-6-14(11)24-16(17,18)19/h3-6,8,10H,7,9H2,1-2H3,(H,20,23)(H,21,22). The van der Waals surface area contributed by atoms with Gasteiger partial charge >= 0.3 is 6.36 Å². The van der Waals surface area contributed by atoms with Gasteiger partial charge in [0.1, 0.15) is 11.4 Å². The molecule has 0 saturated carbocycles. The lowest BCUT2D eigenvalue weighted by atomic mass is 10.1. The Bertz CT molecular complexity index is 696. The van der Waals surface area contributed by atoms with Crippen LogP contribution < -0.4 is 10.1 Å². The van der Waals surface area contributed by atoms with Crippen LogP contribution in [0.1, 0.15) is 35.6 Å². The van der Waals surface area contributed by atoms with Gasteiger partial charge in [0.2, 0.25) is 0 Å². The molecule has 0 fully saturated rings. The highest BCUT2D eigenvalue weighted by atomic mass is 19.4.